The standard InChI is InChI=1S/C28H36N6/c1-19-16-23(32(6)31-19)18-33-14-15-34(17-20(33)2)25-9-7-8-24-26(25)30-27(29-24)21-10-12-22(13-11-21)28(3,4)5/h7-13,16,20H,14-15,17-18H2,1-6H3,(H,29,30)/t20-/m0/s1. The number of benzene rings is 2. The third kappa shape index (κ3) is 4.34. The molecule has 2 aromatic heterocycles. The van der Waals surface area contributed by atoms with Gasteiger partial charge in [0.25, 0.3) is 0 Å². The van der Waals surface area contributed by atoms with Gasteiger partial charge in [-0.3, -0.25) is 9.58 Å². The third-order valence-electron chi connectivity index (χ3n) is 7.09. The quantitative estimate of drug-likeness (QED) is 0.454. The van der Waals surface area contributed by atoms with Gasteiger partial charge in [-0.05, 0) is 43.0 Å². The number of fused-ring (bicyclic) bond motifs is 1. The van der Waals surface area contributed by atoms with E-state index in [1.165, 1.54) is 16.9 Å². The monoisotopic (exact) mass is 456 g/mol. The minimum atomic E-state index is 0.147. The highest BCUT2D eigenvalue weighted by atomic mass is 15.3. The maximum absolute atomic E-state index is 5.05. The average Bonchev–Trinajstić information content (AvgIpc) is 3.37. The normalized spacial score (nSPS) is 17.6. The third-order valence-corrected chi connectivity index (χ3v) is 7.09. The second-order valence-electron chi connectivity index (χ2n) is 10.8. The molecule has 0 amide bonds. The number of para-hydroxylation sites is 1. The average molecular weight is 457 g/mol. The van der Waals surface area contributed by atoms with Gasteiger partial charge in [0.2, 0.25) is 0 Å². The van der Waals surface area contributed by atoms with Crippen molar-refractivity contribution in [3.05, 3.63) is 65.5 Å². The highest BCUT2D eigenvalue weighted by Crippen LogP contribution is 2.31. The number of rotatable bonds is 4. The topological polar surface area (TPSA) is 53.0 Å². The number of imidazole rings is 1. The Hall–Kier alpha value is -3.12. The molecule has 1 N–H and O–H groups in total. The van der Waals surface area contributed by atoms with E-state index in [2.05, 4.69) is 103 Å². The lowest BCUT2D eigenvalue weighted by atomic mass is 9.87. The zero-order valence-electron chi connectivity index (χ0n) is 21.3. The lowest BCUT2D eigenvalue weighted by molar-refractivity contribution is 0.177. The maximum atomic E-state index is 5.05. The predicted molar refractivity (Wildman–Crippen MR) is 140 cm³/mol. The van der Waals surface area contributed by atoms with Gasteiger partial charge in [0, 0.05) is 44.8 Å². The van der Waals surface area contributed by atoms with Crippen LogP contribution in [0.4, 0.5) is 5.69 Å². The molecule has 1 aliphatic heterocycles. The fraction of sp³-hybridized carbons (Fsp3) is 0.429. The van der Waals surface area contributed by atoms with Gasteiger partial charge >= 0.3 is 0 Å². The van der Waals surface area contributed by atoms with Crippen molar-refractivity contribution < 1.29 is 0 Å². The first-order valence-corrected chi connectivity index (χ1v) is 12.3. The number of aromatic nitrogens is 4. The molecule has 1 fully saturated rings. The van der Waals surface area contributed by atoms with Crippen LogP contribution in [0.5, 0.6) is 0 Å². The summed E-state index contributed by atoms with van der Waals surface area (Å²) in [7, 11) is 2.04. The number of nitrogens with one attached hydrogen (secondary N) is 1. The molecule has 0 unspecified atom stereocenters. The Morgan fingerprint density at radius 3 is 2.47 bits per heavy atom. The lowest BCUT2D eigenvalue weighted by Crippen LogP contribution is -2.51. The first-order valence-electron chi connectivity index (χ1n) is 12.3. The van der Waals surface area contributed by atoms with Crippen LogP contribution in [0.15, 0.2) is 48.5 Å². The van der Waals surface area contributed by atoms with Crippen LogP contribution in [0.25, 0.3) is 22.4 Å². The van der Waals surface area contributed by atoms with E-state index in [-0.39, 0.29) is 5.41 Å². The summed E-state index contributed by atoms with van der Waals surface area (Å²) in [6, 6.07) is 17.9. The molecule has 6 heteroatoms. The summed E-state index contributed by atoms with van der Waals surface area (Å²) in [4.78, 5) is 13.7. The number of aromatic amines is 1. The number of nitrogens with zero attached hydrogens (tertiary/aromatic N) is 5. The molecule has 178 valence electrons. The van der Waals surface area contributed by atoms with E-state index in [1.54, 1.807) is 0 Å². The summed E-state index contributed by atoms with van der Waals surface area (Å²) in [5, 5.41) is 4.51. The molecular formula is C28H36N6. The van der Waals surface area contributed by atoms with Crippen molar-refractivity contribution in [3.8, 4) is 11.4 Å². The number of aryl methyl sites for hydroxylation is 2. The predicted octanol–water partition coefficient (Wildman–Crippen LogP) is 5.28. The lowest BCUT2D eigenvalue weighted by Gasteiger charge is -2.41. The highest BCUT2D eigenvalue weighted by molar-refractivity contribution is 5.91. The Morgan fingerprint density at radius 1 is 1.06 bits per heavy atom. The van der Waals surface area contributed by atoms with Crippen molar-refractivity contribution in [2.45, 2.75) is 52.6 Å². The van der Waals surface area contributed by atoms with Crippen LogP contribution in [0.3, 0.4) is 0 Å². The number of hydrogen-bond donors (Lipinski definition) is 1. The molecule has 1 aliphatic rings. The van der Waals surface area contributed by atoms with Gasteiger partial charge in [0.15, 0.2) is 0 Å². The SMILES string of the molecule is Cc1cc(CN2CCN(c3cccc4[nH]c(-c5ccc(C(C)(C)C)cc5)nc34)C[C@@H]2C)n(C)n1. The smallest absolute Gasteiger partial charge is 0.138 e. The summed E-state index contributed by atoms with van der Waals surface area (Å²) >= 11 is 0. The zero-order valence-corrected chi connectivity index (χ0v) is 21.3. The van der Waals surface area contributed by atoms with E-state index >= 15 is 0 Å². The van der Waals surface area contributed by atoms with E-state index in [0.717, 1.165) is 54.3 Å². The molecule has 0 spiro atoms. The number of hydrogen-bond acceptors (Lipinski definition) is 4. The summed E-state index contributed by atoms with van der Waals surface area (Å²) in [6.45, 7) is 15.0. The van der Waals surface area contributed by atoms with Crippen molar-refractivity contribution in [2.75, 3.05) is 24.5 Å². The second-order valence-corrected chi connectivity index (χ2v) is 10.8. The first kappa shape index (κ1) is 22.7. The maximum Gasteiger partial charge on any atom is 0.138 e. The van der Waals surface area contributed by atoms with Gasteiger partial charge in [-0.15, -0.1) is 0 Å². The minimum absolute atomic E-state index is 0.147. The Bertz CT molecular complexity index is 1290. The summed E-state index contributed by atoms with van der Waals surface area (Å²) in [5.74, 6) is 0.932. The molecule has 4 aromatic rings. The Kier molecular flexibility index (Phi) is 5.72. The van der Waals surface area contributed by atoms with E-state index in [1.807, 2.05) is 11.7 Å². The van der Waals surface area contributed by atoms with Crippen molar-refractivity contribution in [1.29, 1.82) is 0 Å². The molecule has 0 radical (unpaired) electrons. The van der Waals surface area contributed by atoms with Crippen LogP contribution in [0.2, 0.25) is 0 Å². The summed E-state index contributed by atoms with van der Waals surface area (Å²) in [6.07, 6.45) is 0. The van der Waals surface area contributed by atoms with Gasteiger partial charge in [0.1, 0.15) is 11.3 Å². The molecule has 5 rings (SSSR count). The molecule has 0 aliphatic carbocycles. The van der Waals surface area contributed by atoms with Crippen molar-refractivity contribution in [2.24, 2.45) is 7.05 Å². The van der Waals surface area contributed by atoms with Gasteiger partial charge in [-0.25, -0.2) is 4.98 Å². The van der Waals surface area contributed by atoms with Gasteiger partial charge in [0.05, 0.1) is 22.6 Å². The van der Waals surface area contributed by atoms with E-state index < -0.39 is 0 Å². The molecule has 6 nitrogen and oxygen atoms in total. The van der Waals surface area contributed by atoms with Crippen LogP contribution < -0.4 is 4.90 Å². The Labute approximate surface area is 202 Å². The number of piperazine rings is 1. The second kappa shape index (κ2) is 8.58. The van der Waals surface area contributed by atoms with E-state index in [9.17, 15) is 0 Å². The molecule has 0 bridgehead atoms. The minimum Gasteiger partial charge on any atom is -0.367 e. The number of anilines is 1. The summed E-state index contributed by atoms with van der Waals surface area (Å²) < 4.78 is 2.01. The summed E-state index contributed by atoms with van der Waals surface area (Å²) in [5.41, 5.74) is 8.32. The molecule has 1 saturated heterocycles. The van der Waals surface area contributed by atoms with Crippen LogP contribution in [-0.2, 0) is 19.0 Å². The molecule has 34 heavy (non-hydrogen) atoms. The van der Waals surface area contributed by atoms with Crippen LogP contribution >= 0.6 is 0 Å². The molecule has 3 heterocycles. The van der Waals surface area contributed by atoms with Crippen molar-refractivity contribution in [3.63, 3.8) is 0 Å². The Morgan fingerprint density at radius 2 is 1.82 bits per heavy atom. The molecule has 0 saturated carbocycles. The highest BCUT2D eigenvalue weighted by Gasteiger charge is 2.26. The van der Waals surface area contributed by atoms with Crippen LogP contribution in [0, 0.1) is 6.92 Å². The van der Waals surface area contributed by atoms with Crippen LogP contribution in [-0.4, -0.2) is 50.3 Å². The first-order chi connectivity index (χ1) is 16.2. The number of H-pyrrole nitrogens is 1. The fourth-order valence-corrected chi connectivity index (χ4v) is 5.01. The largest absolute Gasteiger partial charge is 0.367 e. The van der Waals surface area contributed by atoms with Gasteiger partial charge in [-0.1, -0.05) is 51.1 Å². The Balaban J connectivity index is 1.36. The van der Waals surface area contributed by atoms with Crippen LogP contribution in [0.1, 0.15) is 44.6 Å². The molecule has 2 aromatic carbocycles. The zero-order chi connectivity index (χ0) is 24.0. The fourth-order valence-electron chi connectivity index (χ4n) is 5.01. The van der Waals surface area contributed by atoms with Crippen molar-refractivity contribution in [1.82, 2.24) is 24.6 Å². The van der Waals surface area contributed by atoms with Gasteiger partial charge < -0.3 is 9.88 Å². The molecular weight excluding hydrogens is 420 g/mol. The van der Waals surface area contributed by atoms with Crippen molar-refractivity contribution >= 4 is 16.7 Å². The van der Waals surface area contributed by atoms with E-state index in [4.69, 9.17) is 4.98 Å². The van der Waals surface area contributed by atoms with Gasteiger partial charge in [-0.2, -0.15) is 5.10 Å². The molecule has 1 atom stereocenters. The van der Waals surface area contributed by atoms with E-state index in [0.29, 0.717) is 6.04 Å².